The molecule has 0 atom stereocenters. The van der Waals surface area contributed by atoms with Gasteiger partial charge in [0.25, 0.3) is 0 Å². The Bertz CT molecular complexity index is 623. The number of carbonyl (C=O) groups excluding carboxylic acids is 1. The van der Waals surface area contributed by atoms with E-state index in [2.05, 4.69) is 33.8 Å². The number of urea groups is 1. The highest BCUT2D eigenvalue weighted by molar-refractivity contribution is 5.73. The molecule has 0 spiro atoms. The summed E-state index contributed by atoms with van der Waals surface area (Å²) in [4.78, 5) is 16.0. The maximum absolute atomic E-state index is 11.8. The average molecular weight is 295 g/mol. The number of benzene rings is 1. The van der Waals surface area contributed by atoms with Crippen molar-refractivity contribution >= 4 is 6.03 Å². The van der Waals surface area contributed by atoms with E-state index < -0.39 is 0 Å². The van der Waals surface area contributed by atoms with E-state index in [0.29, 0.717) is 19.0 Å². The Morgan fingerprint density at radius 1 is 1.09 bits per heavy atom. The second kappa shape index (κ2) is 7.07. The molecule has 0 bridgehead atoms. The van der Waals surface area contributed by atoms with E-state index in [9.17, 15) is 4.79 Å². The molecule has 0 aliphatic heterocycles. The minimum atomic E-state index is -0.132. The SMILES string of the molecule is O=C(NCCc1ccccc1)NCc1cncc(C2CC2)c1. The monoisotopic (exact) mass is 295 g/mol. The Kier molecular flexibility index (Phi) is 4.68. The summed E-state index contributed by atoms with van der Waals surface area (Å²) in [5.41, 5.74) is 3.58. The number of amides is 2. The molecule has 2 aromatic rings. The molecule has 1 aromatic carbocycles. The van der Waals surface area contributed by atoms with Crippen molar-refractivity contribution in [2.24, 2.45) is 0 Å². The van der Waals surface area contributed by atoms with Crippen LogP contribution in [0.5, 0.6) is 0 Å². The van der Waals surface area contributed by atoms with E-state index in [4.69, 9.17) is 0 Å². The van der Waals surface area contributed by atoms with Crippen molar-refractivity contribution in [1.82, 2.24) is 15.6 Å². The van der Waals surface area contributed by atoms with Crippen LogP contribution in [0.25, 0.3) is 0 Å². The van der Waals surface area contributed by atoms with Crippen LogP contribution in [0, 0.1) is 0 Å². The second-order valence-corrected chi connectivity index (χ2v) is 5.75. The molecule has 2 N–H and O–H groups in total. The fourth-order valence-corrected chi connectivity index (χ4v) is 2.45. The summed E-state index contributed by atoms with van der Waals surface area (Å²) < 4.78 is 0. The molecule has 1 aliphatic rings. The summed E-state index contributed by atoms with van der Waals surface area (Å²) in [6.45, 7) is 1.15. The average Bonchev–Trinajstić information content (AvgIpc) is 3.39. The van der Waals surface area contributed by atoms with Crippen LogP contribution in [0.4, 0.5) is 4.79 Å². The van der Waals surface area contributed by atoms with Crippen molar-refractivity contribution in [3.05, 3.63) is 65.5 Å². The van der Waals surface area contributed by atoms with E-state index in [-0.39, 0.29) is 6.03 Å². The Hall–Kier alpha value is -2.36. The number of nitrogens with one attached hydrogen (secondary N) is 2. The third-order valence-electron chi connectivity index (χ3n) is 3.86. The standard InChI is InChI=1S/C18H21N3O/c22-18(20-9-8-14-4-2-1-3-5-14)21-12-15-10-17(13-19-11-15)16-6-7-16/h1-5,10-11,13,16H,6-9,12H2,(H2,20,21,22). The lowest BCUT2D eigenvalue weighted by atomic mass is 10.1. The molecule has 114 valence electrons. The first-order chi connectivity index (χ1) is 10.8. The quantitative estimate of drug-likeness (QED) is 0.860. The first-order valence-electron chi connectivity index (χ1n) is 7.81. The Labute approximate surface area is 131 Å². The van der Waals surface area contributed by atoms with Gasteiger partial charge in [-0.05, 0) is 41.9 Å². The summed E-state index contributed by atoms with van der Waals surface area (Å²) >= 11 is 0. The van der Waals surface area contributed by atoms with Crippen LogP contribution in [0.15, 0.2) is 48.8 Å². The Morgan fingerprint density at radius 2 is 1.91 bits per heavy atom. The highest BCUT2D eigenvalue weighted by Crippen LogP contribution is 2.39. The smallest absolute Gasteiger partial charge is 0.315 e. The summed E-state index contributed by atoms with van der Waals surface area (Å²) in [6, 6.07) is 12.2. The number of aromatic nitrogens is 1. The van der Waals surface area contributed by atoms with Gasteiger partial charge in [-0.3, -0.25) is 4.98 Å². The van der Waals surface area contributed by atoms with Crippen LogP contribution in [-0.2, 0) is 13.0 Å². The van der Waals surface area contributed by atoms with E-state index in [0.717, 1.165) is 12.0 Å². The summed E-state index contributed by atoms with van der Waals surface area (Å²) in [6.07, 6.45) is 7.11. The van der Waals surface area contributed by atoms with Gasteiger partial charge in [-0.1, -0.05) is 36.4 Å². The van der Waals surface area contributed by atoms with Crippen molar-refractivity contribution in [3.63, 3.8) is 0 Å². The first-order valence-corrected chi connectivity index (χ1v) is 7.81. The third kappa shape index (κ3) is 4.32. The van der Waals surface area contributed by atoms with Crippen LogP contribution in [-0.4, -0.2) is 17.6 Å². The topological polar surface area (TPSA) is 54.0 Å². The molecule has 0 saturated heterocycles. The molecule has 1 aromatic heterocycles. The molecule has 4 heteroatoms. The number of rotatable bonds is 6. The van der Waals surface area contributed by atoms with Crippen molar-refractivity contribution < 1.29 is 4.79 Å². The van der Waals surface area contributed by atoms with Crippen molar-refractivity contribution in [2.75, 3.05) is 6.54 Å². The third-order valence-corrected chi connectivity index (χ3v) is 3.86. The van der Waals surface area contributed by atoms with E-state index in [1.807, 2.05) is 30.6 Å². The van der Waals surface area contributed by atoms with Crippen LogP contribution >= 0.6 is 0 Å². The predicted octanol–water partition coefficient (Wildman–Crippen LogP) is 3.00. The highest BCUT2D eigenvalue weighted by Gasteiger charge is 2.23. The maximum Gasteiger partial charge on any atom is 0.315 e. The minimum Gasteiger partial charge on any atom is -0.338 e. The molecule has 0 radical (unpaired) electrons. The molecule has 1 heterocycles. The number of carbonyl (C=O) groups is 1. The van der Waals surface area contributed by atoms with Gasteiger partial charge >= 0.3 is 6.03 Å². The van der Waals surface area contributed by atoms with Crippen LogP contribution in [0.3, 0.4) is 0 Å². The maximum atomic E-state index is 11.8. The zero-order valence-electron chi connectivity index (χ0n) is 12.6. The lowest BCUT2D eigenvalue weighted by Crippen LogP contribution is -2.36. The zero-order chi connectivity index (χ0) is 15.2. The minimum absolute atomic E-state index is 0.132. The number of hydrogen-bond donors (Lipinski definition) is 2. The van der Waals surface area contributed by atoms with Crippen LogP contribution < -0.4 is 10.6 Å². The van der Waals surface area contributed by atoms with Crippen molar-refractivity contribution in [3.8, 4) is 0 Å². The molecule has 1 fully saturated rings. The van der Waals surface area contributed by atoms with E-state index >= 15 is 0 Å². The number of hydrogen-bond acceptors (Lipinski definition) is 2. The molecule has 4 nitrogen and oxygen atoms in total. The lowest BCUT2D eigenvalue weighted by Gasteiger charge is -2.08. The lowest BCUT2D eigenvalue weighted by molar-refractivity contribution is 0.240. The van der Waals surface area contributed by atoms with Crippen molar-refractivity contribution in [2.45, 2.75) is 31.7 Å². The van der Waals surface area contributed by atoms with E-state index in [1.165, 1.54) is 24.0 Å². The number of pyridine rings is 1. The molecule has 3 rings (SSSR count). The zero-order valence-corrected chi connectivity index (χ0v) is 12.6. The van der Waals surface area contributed by atoms with Gasteiger partial charge in [0, 0.05) is 25.5 Å². The molecule has 1 saturated carbocycles. The van der Waals surface area contributed by atoms with Gasteiger partial charge < -0.3 is 10.6 Å². The van der Waals surface area contributed by atoms with Gasteiger partial charge in [0.15, 0.2) is 0 Å². The van der Waals surface area contributed by atoms with Crippen LogP contribution in [0.2, 0.25) is 0 Å². The van der Waals surface area contributed by atoms with Gasteiger partial charge in [-0.15, -0.1) is 0 Å². The van der Waals surface area contributed by atoms with Crippen molar-refractivity contribution in [1.29, 1.82) is 0 Å². The summed E-state index contributed by atoms with van der Waals surface area (Å²) in [7, 11) is 0. The molecule has 2 amide bonds. The Balaban J connectivity index is 1.39. The number of nitrogens with zero attached hydrogens (tertiary/aromatic N) is 1. The Morgan fingerprint density at radius 3 is 2.68 bits per heavy atom. The largest absolute Gasteiger partial charge is 0.338 e. The fourth-order valence-electron chi connectivity index (χ4n) is 2.45. The fraction of sp³-hybridized carbons (Fsp3) is 0.333. The van der Waals surface area contributed by atoms with Crippen LogP contribution in [0.1, 0.15) is 35.4 Å². The van der Waals surface area contributed by atoms with Gasteiger partial charge in [0.1, 0.15) is 0 Å². The van der Waals surface area contributed by atoms with Gasteiger partial charge in [0.2, 0.25) is 0 Å². The van der Waals surface area contributed by atoms with Gasteiger partial charge in [-0.25, -0.2) is 4.79 Å². The molecule has 0 unspecified atom stereocenters. The van der Waals surface area contributed by atoms with E-state index in [1.54, 1.807) is 0 Å². The predicted molar refractivity (Wildman–Crippen MR) is 86.6 cm³/mol. The second-order valence-electron chi connectivity index (χ2n) is 5.75. The van der Waals surface area contributed by atoms with Gasteiger partial charge in [-0.2, -0.15) is 0 Å². The highest BCUT2D eigenvalue weighted by atomic mass is 16.2. The normalized spacial score (nSPS) is 13.6. The summed E-state index contributed by atoms with van der Waals surface area (Å²) in [5.74, 6) is 0.687. The molecule has 22 heavy (non-hydrogen) atoms. The molecular weight excluding hydrogens is 274 g/mol. The molecular formula is C18H21N3O. The van der Waals surface area contributed by atoms with Gasteiger partial charge in [0.05, 0.1) is 0 Å². The summed E-state index contributed by atoms with van der Waals surface area (Å²) in [5, 5.41) is 5.76. The molecule has 1 aliphatic carbocycles. The first kappa shape index (κ1) is 14.6.